The molecule has 1 fully saturated rings. The molecule has 1 saturated heterocycles. The van der Waals surface area contributed by atoms with Crippen molar-refractivity contribution in [2.45, 2.75) is 25.0 Å². The Kier molecular flexibility index (Phi) is 5.40. The zero-order valence-corrected chi connectivity index (χ0v) is 15.6. The van der Waals surface area contributed by atoms with Crippen LogP contribution in [0.4, 0.5) is 8.78 Å². The first kappa shape index (κ1) is 19.3. The third-order valence-corrected chi connectivity index (χ3v) is 5.09. The fourth-order valence-corrected chi connectivity index (χ4v) is 3.51. The molecular formula is C22H20F2N2O3. The molecule has 0 spiro atoms. The quantitative estimate of drug-likeness (QED) is 0.734. The minimum atomic E-state index is -0.870. The summed E-state index contributed by atoms with van der Waals surface area (Å²) in [5.74, 6) is -1.14. The van der Waals surface area contributed by atoms with Crippen LogP contribution in [0.25, 0.3) is 10.9 Å². The van der Waals surface area contributed by atoms with Gasteiger partial charge in [0.2, 0.25) is 5.91 Å². The molecule has 0 saturated carbocycles. The normalized spacial score (nSPS) is 19.3. The van der Waals surface area contributed by atoms with E-state index in [-0.39, 0.29) is 24.4 Å². The number of benzene rings is 2. The van der Waals surface area contributed by atoms with E-state index >= 15 is 0 Å². The first-order valence-electron chi connectivity index (χ1n) is 9.41. The maximum absolute atomic E-state index is 13.8. The summed E-state index contributed by atoms with van der Waals surface area (Å²) in [4.78, 5) is 18.2. The zero-order valence-electron chi connectivity index (χ0n) is 15.6. The lowest BCUT2D eigenvalue weighted by Gasteiger charge is -2.36. The van der Waals surface area contributed by atoms with Gasteiger partial charge < -0.3 is 14.7 Å². The molecule has 7 heteroatoms. The smallest absolute Gasteiger partial charge is 0.227 e. The predicted octanol–water partition coefficient (Wildman–Crippen LogP) is 3.10. The maximum atomic E-state index is 13.8. The number of hydrogen-bond donors (Lipinski definition) is 1. The fraction of sp³-hybridized carbons (Fsp3) is 0.273. The number of hydrogen-bond acceptors (Lipinski definition) is 4. The molecule has 1 aliphatic rings. The molecule has 0 aliphatic carbocycles. The van der Waals surface area contributed by atoms with Crippen LogP contribution in [0, 0.1) is 11.6 Å². The highest BCUT2D eigenvalue weighted by Gasteiger charge is 2.31. The van der Waals surface area contributed by atoms with Crippen molar-refractivity contribution in [2.24, 2.45) is 0 Å². The van der Waals surface area contributed by atoms with Crippen molar-refractivity contribution in [2.75, 3.05) is 13.1 Å². The summed E-state index contributed by atoms with van der Waals surface area (Å²) in [6.45, 7) is 0.480. The lowest BCUT2D eigenvalue weighted by Crippen LogP contribution is -2.51. The molecule has 2 atom stereocenters. The molecule has 5 nitrogen and oxygen atoms in total. The second-order valence-corrected chi connectivity index (χ2v) is 7.12. The van der Waals surface area contributed by atoms with Crippen molar-refractivity contribution in [1.29, 1.82) is 0 Å². The molecule has 2 aromatic carbocycles. The molecule has 0 bridgehead atoms. The summed E-state index contributed by atoms with van der Waals surface area (Å²) in [5, 5.41) is 11.5. The first-order valence-corrected chi connectivity index (χ1v) is 9.41. The maximum Gasteiger partial charge on any atom is 0.227 e. The Labute approximate surface area is 166 Å². The highest BCUT2D eigenvalue weighted by molar-refractivity contribution is 5.80. The number of ether oxygens (including phenoxy) is 1. The van der Waals surface area contributed by atoms with Crippen LogP contribution in [0.2, 0.25) is 0 Å². The van der Waals surface area contributed by atoms with Gasteiger partial charge >= 0.3 is 0 Å². The van der Waals surface area contributed by atoms with Gasteiger partial charge in [-0.05, 0) is 29.8 Å². The van der Waals surface area contributed by atoms with Crippen molar-refractivity contribution < 1.29 is 23.4 Å². The van der Waals surface area contributed by atoms with E-state index in [2.05, 4.69) is 4.98 Å². The standard InChI is InChI=1S/C22H20F2N2O3/c23-16-5-3-15(18(24)11-16)10-22(28)26-9-7-21(20(27)13-26)29-17-6-4-14-2-1-8-25-19(14)12-17/h1-6,8,11-12,20-21,27H,7,9-10,13H2/t20-,21-/m1/s1. The third-order valence-electron chi connectivity index (χ3n) is 5.09. The lowest BCUT2D eigenvalue weighted by molar-refractivity contribution is -0.136. The van der Waals surface area contributed by atoms with Crippen LogP contribution in [-0.4, -0.2) is 46.2 Å². The van der Waals surface area contributed by atoms with Gasteiger partial charge in [-0.15, -0.1) is 0 Å². The van der Waals surface area contributed by atoms with E-state index in [9.17, 15) is 18.7 Å². The number of carbonyl (C=O) groups is 1. The van der Waals surface area contributed by atoms with Gasteiger partial charge in [0, 0.05) is 36.7 Å². The Morgan fingerprint density at radius 1 is 1.21 bits per heavy atom. The highest BCUT2D eigenvalue weighted by Crippen LogP contribution is 2.23. The number of aromatic nitrogens is 1. The van der Waals surface area contributed by atoms with Gasteiger partial charge in [-0.3, -0.25) is 9.78 Å². The van der Waals surface area contributed by atoms with E-state index in [0.29, 0.717) is 18.7 Å². The number of fused-ring (bicyclic) bond motifs is 1. The monoisotopic (exact) mass is 398 g/mol. The molecule has 3 aromatic rings. The van der Waals surface area contributed by atoms with Crippen LogP contribution in [-0.2, 0) is 11.2 Å². The SMILES string of the molecule is O=C(Cc1ccc(F)cc1F)N1CC[C@@H](Oc2ccc3cccnc3c2)[C@H](O)C1. The molecular weight excluding hydrogens is 378 g/mol. The molecule has 4 rings (SSSR count). The highest BCUT2D eigenvalue weighted by atomic mass is 19.1. The molecule has 1 aliphatic heterocycles. The van der Waals surface area contributed by atoms with Crippen molar-refractivity contribution in [3.63, 3.8) is 0 Å². The van der Waals surface area contributed by atoms with Gasteiger partial charge in [-0.1, -0.05) is 12.1 Å². The molecule has 2 heterocycles. The Balaban J connectivity index is 1.37. The number of β-amino-alcohol motifs (C(OH)–C–C–N with tert-alkyl or cyclic N) is 1. The number of nitrogens with zero attached hydrogens (tertiary/aromatic N) is 2. The van der Waals surface area contributed by atoms with Gasteiger partial charge in [0.05, 0.1) is 18.5 Å². The average Bonchev–Trinajstić information content (AvgIpc) is 2.71. The number of pyridine rings is 1. The molecule has 1 N–H and O–H groups in total. The lowest BCUT2D eigenvalue weighted by atomic mass is 10.0. The second-order valence-electron chi connectivity index (χ2n) is 7.12. The molecule has 1 amide bonds. The van der Waals surface area contributed by atoms with Gasteiger partial charge in [0.1, 0.15) is 29.6 Å². The third kappa shape index (κ3) is 4.35. The minimum absolute atomic E-state index is 0.0954. The molecule has 150 valence electrons. The van der Waals surface area contributed by atoms with Crippen LogP contribution in [0.5, 0.6) is 5.75 Å². The van der Waals surface area contributed by atoms with E-state index in [0.717, 1.165) is 23.0 Å². The van der Waals surface area contributed by atoms with E-state index in [1.54, 1.807) is 6.20 Å². The van der Waals surface area contributed by atoms with Gasteiger partial charge in [-0.2, -0.15) is 0 Å². The van der Waals surface area contributed by atoms with Crippen molar-refractivity contribution in [3.8, 4) is 5.75 Å². The Hall–Kier alpha value is -3.06. The Bertz CT molecular complexity index is 1040. The number of likely N-dealkylation sites (tertiary alicyclic amines) is 1. The largest absolute Gasteiger partial charge is 0.488 e. The minimum Gasteiger partial charge on any atom is -0.488 e. The number of carbonyl (C=O) groups excluding carboxylic acids is 1. The Morgan fingerprint density at radius 3 is 2.86 bits per heavy atom. The van der Waals surface area contributed by atoms with Crippen molar-refractivity contribution >= 4 is 16.8 Å². The number of halogens is 2. The second kappa shape index (κ2) is 8.13. The fourth-order valence-electron chi connectivity index (χ4n) is 3.51. The summed E-state index contributed by atoms with van der Waals surface area (Å²) in [7, 11) is 0. The number of rotatable bonds is 4. The van der Waals surface area contributed by atoms with Crippen LogP contribution in [0.1, 0.15) is 12.0 Å². The van der Waals surface area contributed by atoms with Crippen LogP contribution >= 0.6 is 0 Å². The van der Waals surface area contributed by atoms with Crippen molar-refractivity contribution in [1.82, 2.24) is 9.88 Å². The van der Waals surface area contributed by atoms with E-state index in [4.69, 9.17) is 4.74 Å². The average molecular weight is 398 g/mol. The summed E-state index contributed by atoms with van der Waals surface area (Å²) < 4.78 is 32.7. The summed E-state index contributed by atoms with van der Waals surface area (Å²) >= 11 is 0. The van der Waals surface area contributed by atoms with E-state index in [1.165, 1.54) is 11.0 Å². The van der Waals surface area contributed by atoms with Gasteiger partial charge in [-0.25, -0.2) is 8.78 Å². The first-order chi connectivity index (χ1) is 14.0. The number of aliphatic hydroxyl groups is 1. The zero-order chi connectivity index (χ0) is 20.4. The van der Waals surface area contributed by atoms with Crippen LogP contribution in [0.15, 0.2) is 54.7 Å². The van der Waals surface area contributed by atoms with E-state index < -0.39 is 23.8 Å². The van der Waals surface area contributed by atoms with Crippen molar-refractivity contribution in [3.05, 3.63) is 71.9 Å². The number of aliphatic hydroxyl groups excluding tert-OH is 1. The topological polar surface area (TPSA) is 62.7 Å². The molecule has 29 heavy (non-hydrogen) atoms. The number of piperidine rings is 1. The summed E-state index contributed by atoms with van der Waals surface area (Å²) in [6, 6.07) is 12.5. The molecule has 0 radical (unpaired) electrons. The summed E-state index contributed by atoms with van der Waals surface area (Å²) in [5.41, 5.74) is 0.932. The Morgan fingerprint density at radius 2 is 2.07 bits per heavy atom. The molecule has 1 aromatic heterocycles. The number of amides is 1. The predicted molar refractivity (Wildman–Crippen MR) is 103 cm³/mol. The van der Waals surface area contributed by atoms with Gasteiger partial charge in [0.15, 0.2) is 0 Å². The van der Waals surface area contributed by atoms with Crippen LogP contribution < -0.4 is 4.74 Å². The van der Waals surface area contributed by atoms with Crippen LogP contribution in [0.3, 0.4) is 0 Å². The summed E-state index contributed by atoms with van der Waals surface area (Å²) in [6.07, 6.45) is 0.641. The van der Waals surface area contributed by atoms with Gasteiger partial charge in [0.25, 0.3) is 0 Å². The molecule has 0 unspecified atom stereocenters. The van der Waals surface area contributed by atoms with E-state index in [1.807, 2.05) is 30.3 Å².